The fourth-order valence-corrected chi connectivity index (χ4v) is 2.78. The molecule has 0 amide bonds. The van der Waals surface area contributed by atoms with Crippen molar-refractivity contribution in [3.8, 4) is 0 Å². The van der Waals surface area contributed by atoms with Crippen LogP contribution in [0, 0.1) is 10.1 Å². The SMILES string of the molecule is CN(C)CCCNc1nc(/C=C/c2ccc([N+](=O)[O-])cc2)nc2ccccc12. The first-order valence-electron chi connectivity index (χ1n) is 9.11. The zero-order valence-electron chi connectivity index (χ0n) is 16.0. The largest absolute Gasteiger partial charge is 0.369 e. The van der Waals surface area contributed by atoms with Gasteiger partial charge in [0.05, 0.1) is 10.4 Å². The number of aromatic nitrogens is 2. The van der Waals surface area contributed by atoms with E-state index >= 15 is 0 Å². The van der Waals surface area contributed by atoms with Crippen LogP contribution in [-0.2, 0) is 0 Å². The molecule has 7 nitrogen and oxygen atoms in total. The number of nitro groups is 1. The van der Waals surface area contributed by atoms with E-state index < -0.39 is 4.92 Å². The van der Waals surface area contributed by atoms with Crippen molar-refractivity contribution < 1.29 is 4.92 Å². The number of benzene rings is 2. The summed E-state index contributed by atoms with van der Waals surface area (Å²) in [4.78, 5) is 21.7. The fourth-order valence-electron chi connectivity index (χ4n) is 2.78. The second-order valence-electron chi connectivity index (χ2n) is 6.71. The third-order valence-electron chi connectivity index (χ3n) is 4.22. The van der Waals surface area contributed by atoms with Crippen molar-refractivity contribution in [2.24, 2.45) is 0 Å². The van der Waals surface area contributed by atoms with Crippen molar-refractivity contribution in [2.45, 2.75) is 6.42 Å². The third kappa shape index (κ3) is 5.11. The molecule has 1 N–H and O–H groups in total. The Kier molecular flexibility index (Phi) is 6.29. The van der Waals surface area contributed by atoms with Crippen LogP contribution in [0.3, 0.4) is 0 Å². The maximum absolute atomic E-state index is 10.8. The van der Waals surface area contributed by atoms with Crippen LogP contribution in [-0.4, -0.2) is 47.0 Å². The summed E-state index contributed by atoms with van der Waals surface area (Å²) in [7, 11) is 4.11. The standard InChI is InChI=1S/C21H23N5O2/c1-25(2)15-5-14-22-21-18-6-3-4-7-19(18)23-20(24-21)13-10-16-8-11-17(12-9-16)26(27)28/h3-4,6-13H,5,14-15H2,1-2H3,(H,22,23,24)/b13-10+. The zero-order chi connectivity index (χ0) is 19.9. The van der Waals surface area contributed by atoms with Crippen LogP contribution in [0.25, 0.3) is 23.1 Å². The minimum Gasteiger partial charge on any atom is -0.369 e. The first-order valence-corrected chi connectivity index (χ1v) is 9.11. The van der Waals surface area contributed by atoms with Gasteiger partial charge < -0.3 is 10.2 Å². The van der Waals surface area contributed by atoms with E-state index in [1.165, 1.54) is 12.1 Å². The van der Waals surface area contributed by atoms with Gasteiger partial charge in [-0.3, -0.25) is 10.1 Å². The van der Waals surface area contributed by atoms with Gasteiger partial charge in [-0.25, -0.2) is 9.97 Å². The van der Waals surface area contributed by atoms with Gasteiger partial charge in [0.15, 0.2) is 5.82 Å². The maximum atomic E-state index is 10.8. The molecular formula is C21H23N5O2. The summed E-state index contributed by atoms with van der Waals surface area (Å²) in [6.45, 7) is 1.83. The van der Waals surface area contributed by atoms with Gasteiger partial charge in [0.2, 0.25) is 0 Å². The smallest absolute Gasteiger partial charge is 0.269 e. The molecule has 0 bridgehead atoms. The molecule has 3 aromatic rings. The van der Waals surface area contributed by atoms with Crippen LogP contribution in [0.4, 0.5) is 11.5 Å². The molecule has 3 rings (SSSR count). The molecule has 0 aliphatic heterocycles. The molecule has 0 spiro atoms. The first kappa shape index (κ1) is 19.4. The highest BCUT2D eigenvalue weighted by atomic mass is 16.6. The summed E-state index contributed by atoms with van der Waals surface area (Å²) >= 11 is 0. The number of rotatable bonds is 8. The number of anilines is 1. The molecule has 28 heavy (non-hydrogen) atoms. The lowest BCUT2D eigenvalue weighted by Gasteiger charge is -2.12. The predicted octanol–water partition coefficient (Wildman–Crippen LogP) is 4.07. The van der Waals surface area contributed by atoms with Gasteiger partial charge in [-0.1, -0.05) is 18.2 Å². The third-order valence-corrected chi connectivity index (χ3v) is 4.22. The summed E-state index contributed by atoms with van der Waals surface area (Å²) in [6.07, 6.45) is 4.68. The lowest BCUT2D eigenvalue weighted by Crippen LogP contribution is -2.16. The Labute approximate surface area is 163 Å². The van der Waals surface area contributed by atoms with Gasteiger partial charge in [-0.05, 0) is 63.0 Å². The van der Waals surface area contributed by atoms with E-state index in [2.05, 4.69) is 34.3 Å². The fraction of sp³-hybridized carbons (Fsp3) is 0.238. The summed E-state index contributed by atoms with van der Waals surface area (Å²) in [5.74, 6) is 1.40. The topological polar surface area (TPSA) is 84.2 Å². The molecule has 0 radical (unpaired) electrons. The van der Waals surface area contributed by atoms with E-state index in [9.17, 15) is 10.1 Å². The number of hydrogen-bond donors (Lipinski definition) is 1. The van der Waals surface area contributed by atoms with Crippen molar-refractivity contribution in [1.29, 1.82) is 0 Å². The molecule has 0 aliphatic rings. The van der Waals surface area contributed by atoms with Gasteiger partial charge in [-0.15, -0.1) is 0 Å². The highest BCUT2D eigenvalue weighted by Gasteiger charge is 2.06. The maximum Gasteiger partial charge on any atom is 0.269 e. The Balaban J connectivity index is 1.81. The van der Waals surface area contributed by atoms with Crippen LogP contribution in [0.5, 0.6) is 0 Å². The van der Waals surface area contributed by atoms with Gasteiger partial charge in [0, 0.05) is 24.1 Å². The van der Waals surface area contributed by atoms with E-state index in [0.717, 1.165) is 41.8 Å². The molecule has 0 saturated carbocycles. The normalized spacial score (nSPS) is 11.4. The number of nitro benzene ring substituents is 1. The van der Waals surface area contributed by atoms with E-state index in [4.69, 9.17) is 0 Å². The Morgan fingerprint density at radius 3 is 2.54 bits per heavy atom. The van der Waals surface area contributed by atoms with Gasteiger partial charge in [0.25, 0.3) is 5.69 Å². The highest BCUT2D eigenvalue weighted by Crippen LogP contribution is 2.21. The lowest BCUT2D eigenvalue weighted by atomic mass is 10.2. The number of nitrogens with one attached hydrogen (secondary N) is 1. The summed E-state index contributed by atoms with van der Waals surface area (Å²) in [6, 6.07) is 14.3. The number of para-hydroxylation sites is 1. The van der Waals surface area contributed by atoms with Crippen LogP contribution in [0.1, 0.15) is 17.8 Å². The first-order chi connectivity index (χ1) is 13.5. The monoisotopic (exact) mass is 377 g/mol. The Bertz CT molecular complexity index is 984. The molecule has 0 atom stereocenters. The summed E-state index contributed by atoms with van der Waals surface area (Å²) in [5.41, 5.74) is 1.79. The molecule has 1 aromatic heterocycles. The number of fused-ring (bicyclic) bond motifs is 1. The van der Waals surface area contributed by atoms with Crippen molar-refractivity contribution in [3.05, 3.63) is 70.0 Å². The van der Waals surface area contributed by atoms with Crippen LogP contribution in [0.15, 0.2) is 48.5 Å². The van der Waals surface area contributed by atoms with E-state index in [-0.39, 0.29) is 5.69 Å². The van der Waals surface area contributed by atoms with Crippen molar-refractivity contribution in [3.63, 3.8) is 0 Å². The number of nitrogens with zero attached hydrogens (tertiary/aromatic N) is 4. The molecule has 0 unspecified atom stereocenters. The minimum atomic E-state index is -0.409. The molecular weight excluding hydrogens is 354 g/mol. The minimum absolute atomic E-state index is 0.0725. The van der Waals surface area contributed by atoms with Gasteiger partial charge in [0.1, 0.15) is 5.82 Å². The van der Waals surface area contributed by atoms with Gasteiger partial charge in [-0.2, -0.15) is 0 Å². The summed E-state index contributed by atoms with van der Waals surface area (Å²) < 4.78 is 0. The second kappa shape index (κ2) is 9.05. The van der Waals surface area contributed by atoms with Crippen molar-refractivity contribution in [1.82, 2.24) is 14.9 Å². The van der Waals surface area contributed by atoms with Gasteiger partial charge >= 0.3 is 0 Å². The Morgan fingerprint density at radius 2 is 1.82 bits per heavy atom. The van der Waals surface area contributed by atoms with E-state index in [1.54, 1.807) is 12.1 Å². The molecule has 2 aromatic carbocycles. The highest BCUT2D eigenvalue weighted by molar-refractivity contribution is 5.90. The average molecular weight is 377 g/mol. The van der Waals surface area contributed by atoms with Crippen molar-refractivity contribution in [2.75, 3.05) is 32.5 Å². The number of non-ortho nitro benzene ring substituents is 1. The van der Waals surface area contributed by atoms with Crippen LogP contribution < -0.4 is 5.32 Å². The summed E-state index contributed by atoms with van der Waals surface area (Å²) in [5, 5.41) is 15.2. The Morgan fingerprint density at radius 1 is 1.07 bits per heavy atom. The van der Waals surface area contributed by atoms with E-state index in [1.807, 2.05) is 36.4 Å². The molecule has 144 valence electrons. The predicted molar refractivity (Wildman–Crippen MR) is 113 cm³/mol. The molecule has 0 saturated heterocycles. The second-order valence-corrected chi connectivity index (χ2v) is 6.71. The van der Waals surface area contributed by atoms with Crippen LogP contribution >= 0.6 is 0 Å². The molecule has 1 heterocycles. The molecule has 0 aliphatic carbocycles. The quantitative estimate of drug-likeness (QED) is 0.362. The molecule has 0 fully saturated rings. The van der Waals surface area contributed by atoms with E-state index in [0.29, 0.717) is 5.82 Å². The van der Waals surface area contributed by atoms with Crippen molar-refractivity contribution >= 4 is 34.6 Å². The molecule has 7 heteroatoms. The average Bonchev–Trinajstić information content (AvgIpc) is 2.69. The zero-order valence-corrected chi connectivity index (χ0v) is 16.0. The van der Waals surface area contributed by atoms with Crippen LogP contribution in [0.2, 0.25) is 0 Å². The number of hydrogen-bond acceptors (Lipinski definition) is 6. The Hall–Kier alpha value is -3.32. The lowest BCUT2D eigenvalue weighted by molar-refractivity contribution is -0.384.